The van der Waals surface area contributed by atoms with Crippen LogP contribution in [0, 0.1) is 0 Å². The molecule has 0 saturated carbocycles. The van der Waals surface area contributed by atoms with Gasteiger partial charge in [-0.3, -0.25) is 0 Å². The van der Waals surface area contributed by atoms with Crippen molar-refractivity contribution in [2.45, 2.75) is 155 Å². The number of ether oxygens (including phenoxy) is 1. The quantitative estimate of drug-likeness (QED) is 0.113. The number of esters is 1. The van der Waals surface area contributed by atoms with E-state index < -0.39 is 11.9 Å². The van der Waals surface area contributed by atoms with Crippen molar-refractivity contribution in [1.82, 2.24) is 0 Å². The molecule has 206 valence electrons. The largest absolute Gasteiger partial charge is 0.478 e. The summed E-state index contributed by atoms with van der Waals surface area (Å²) in [5, 5.41) is 9.44. The molecular weight excluding hydrogens is 448 g/mol. The molecule has 0 aliphatic carbocycles. The van der Waals surface area contributed by atoms with E-state index in [1.54, 1.807) is 18.2 Å². The van der Waals surface area contributed by atoms with Crippen LogP contribution in [0.2, 0.25) is 0 Å². The monoisotopic (exact) mass is 502 g/mol. The number of carboxylic acids is 1. The third-order valence-electron chi connectivity index (χ3n) is 7.16. The van der Waals surface area contributed by atoms with Crippen molar-refractivity contribution in [2.24, 2.45) is 0 Å². The number of aromatic carboxylic acids is 1. The molecule has 0 aliphatic rings. The van der Waals surface area contributed by atoms with Gasteiger partial charge in [-0.05, 0) is 37.8 Å². The molecule has 4 heteroatoms. The summed E-state index contributed by atoms with van der Waals surface area (Å²) in [6.45, 7) is 4.50. The van der Waals surface area contributed by atoms with E-state index in [9.17, 15) is 14.7 Å². The van der Waals surface area contributed by atoms with Crippen LogP contribution in [0.4, 0.5) is 0 Å². The van der Waals surface area contributed by atoms with Gasteiger partial charge in [0.05, 0.1) is 11.1 Å². The maximum absolute atomic E-state index is 12.8. The Morgan fingerprint density at radius 1 is 0.611 bits per heavy atom. The second kappa shape index (κ2) is 22.4. The number of unbranched alkanes of at least 4 members (excludes halogenated alkanes) is 17. The number of carbonyl (C=O) groups is 2. The Bertz CT molecular complexity index is 684. The number of carbonyl (C=O) groups excluding carboxylic acids is 1. The summed E-state index contributed by atoms with van der Waals surface area (Å²) in [6.07, 6.45) is 25.9. The highest BCUT2D eigenvalue weighted by atomic mass is 16.5. The molecule has 1 aromatic carbocycles. The zero-order valence-corrected chi connectivity index (χ0v) is 23.4. The fourth-order valence-electron chi connectivity index (χ4n) is 4.87. The first kappa shape index (κ1) is 32.2. The summed E-state index contributed by atoms with van der Waals surface area (Å²) in [7, 11) is 0. The van der Waals surface area contributed by atoms with E-state index in [2.05, 4.69) is 13.8 Å². The highest BCUT2D eigenvalue weighted by Gasteiger charge is 2.20. The van der Waals surface area contributed by atoms with Crippen molar-refractivity contribution in [3.8, 4) is 0 Å². The lowest BCUT2D eigenvalue weighted by atomic mass is 10.0. The van der Waals surface area contributed by atoms with Gasteiger partial charge in [0.2, 0.25) is 0 Å². The number of carboxylic acid groups (broad SMARTS) is 1. The van der Waals surface area contributed by atoms with Crippen molar-refractivity contribution in [3.63, 3.8) is 0 Å². The first-order chi connectivity index (χ1) is 17.6. The van der Waals surface area contributed by atoms with Crippen molar-refractivity contribution in [3.05, 3.63) is 35.4 Å². The summed E-state index contributed by atoms with van der Waals surface area (Å²) in [4.78, 5) is 24.4. The minimum atomic E-state index is -1.09. The zero-order valence-electron chi connectivity index (χ0n) is 23.4. The Labute approximate surface area is 221 Å². The van der Waals surface area contributed by atoms with Gasteiger partial charge < -0.3 is 9.84 Å². The molecule has 36 heavy (non-hydrogen) atoms. The van der Waals surface area contributed by atoms with E-state index in [4.69, 9.17) is 4.74 Å². The molecule has 0 fully saturated rings. The van der Waals surface area contributed by atoms with E-state index in [1.165, 1.54) is 115 Å². The highest BCUT2D eigenvalue weighted by molar-refractivity contribution is 6.02. The second-order valence-electron chi connectivity index (χ2n) is 10.5. The molecule has 0 saturated heterocycles. The van der Waals surface area contributed by atoms with Gasteiger partial charge in [-0.25, -0.2) is 9.59 Å². The van der Waals surface area contributed by atoms with Crippen LogP contribution in [0.1, 0.15) is 169 Å². The Morgan fingerprint density at radius 2 is 0.972 bits per heavy atom. The summed E-state index contributed by atoms with van der Waals surface area (Å²) in [6, 6.07) is 6.36. The zero-order chi connectivity index (χ0) is 26.3. The Hall–Kier alpha value is -1.84. The molecule has 0 amide bonds. The van der Waals surface area contributed by atoms with Gasteiger partial charge in [-0.2, -0.15) is 0 Å². The number of benzene rings is 1. The molecule has 0 spiro atoms. The summed E-state index contributed by atoms with van der Waals surface area (Å²) in [5.74, 6) is -1.59. The summed E-state index contributed by atoms with van der Waals surface area (Å²) >= 11 is 0. The van der Waals surface area contributed by atoms with Gasteiger partial charge >= 0.3 is 11.9 Å². The third-order valence-corrected chi connectivity index (χ3v) is 7.16. The molecule has 0 radical (unpaired) electrons. The lowest BCUT2D eigenvalue weighted by Gasteiger charge is -2.19. The van der Waals surface area contributed by atoms with Gasteiger partial charge in [0.15, 0.2) is 0 Å². The number of hydrogen-bond donors (Lipinski definition) is 1. The van der Waals surface area contributed by atoms with E-state index in [-0.39, 0.29) is 17.2 Å². The highest BCUT2D eigenvalue weighted by Crippen LogP contribution is 2.20. The Kier molecular flexibility index (Phi) is 20.0. The number of hydrogen-bond acceptors (Lipinski definition) is 3. The first-order valence-corrected chi connectivity index (χ1v) is 15.1. The first-order valence-electron chi connectivity index (χ1n) is 15.1. The molecule has 0 heterocycles. The lowest BCUT2D eigenvalue weighted by molar-refractivity contribution is 0.0244. The van der Waals surface area contributed by atoms with Gasteiger partial charge in [-0.15, -0.1) is 0 Å². The van der Waals surface area contributed by atoms with Gasteiger partial charge in [0.25, 0.3) is 0 Å². The average molecular weight is 503 g/mol. The molecule has 1 N–H and O–H groups in total. The predicted molar refractivity (Wildman–Crippen MR) is 151 cm³/mol. The van der Waals surface area contributed by atoms with Crippen LogP contribution >= 0.6 is 0 Å². The average Bonchev–Trinajstić information content (AvgIpc) is 2.88. The standard InChI is InChI=1S/C32H54O4/c1-3-5-7-9-11-13-15-17-19-21-25-28(24-20-18-16-14-12-10-8-6-4-2)36-32(35)30-27-23-22-26-29(30)31(33)34/h22-23,26-28H,3-21,24-25H2,1-2H3,(H,33,34). The van der Waals surface area contributed by atoms with Crippen LogP contribution in [0.15, 0.2) is 24.3 Å². The van der Waals surface area contributed by atoms with Gasteiger partial charge in [-0.1, -0.05) is 135 Å². The van der Waals surface area contributed by atoms with E-state index in [0.717, 1.165) is 25.7 Å². The van der Waals surface area contributed by atoms with E-state index in [0.29, 0.717) is 0 Å². The normalized spacial score (nSPS) is 11.9. The van der Waals surface area contributed by atoms with Crippen LogP contribution in [0.25, 0.3) is 0 Å². The van der Waals surface area contributed by atoms with Crippen LogP contribution < -0.4 is 0 Å². The fraction of sp³-hybridized carbons (Fsp3) is 0.750. The second-order valence-corrected chi connectivity index (χ2v) is 10.5. The van der Waals surface area contributed by atoms with E-state index >= 15 is 0 Å². The summed E-state index contributed by atoms with van der Waals surface area (Å²) in [5.41, 5.74) is 0.174. The Balaban J connectivity index is 2.41. The van der Waals surface area contributed by atoms with Crippen molar-refractivity contribution in [2.75, 3.05) is 0 Å². The molecule has 1 rings (SSSR count). The van der Waals surface area contributed by atoms with E-state index in [1.807, 2.05) is 0 Å². The van der Waals surface area contributed by atoms with Gasteiger partial charge in [0.1, 0.15) is 6.10 Å². The van der Waals surface area contributed by atoms with Crippen LogP contribution in [0.3, 0.4) is 0 Å². The molecular formula is C32H54O4. The van der Waals surface area contributed by atoms with Crippen LogP contribution in [-0.4, -0.2) is 23.1 Å². The van der Waals surface area contributed by atoms with Gasteiger partial charge in [0, 0.05) is 0 Å². The maximum atomic E-state index is 12.8. The molecule has 4 nitrogen and oxygen atoms in total. The van der Waals surface area contributed by atoms with Crippen molar-refractivity contribution >= 4 is 11.9 Å². The smallest absolute Gasteiger partial charge is 0.339 e. The minimum Gasteiger partial charge on any atom is -0.478 e. The predicted octanol–water partition coefficient (Wildman–Crippen LogP) is 10.1. The van der Waals surface area contributed by atoms with Crippen molar-refractivity contribution in [1.29, 1.82) is 0 Å². The number of rotatable bonds is 24. The SMILES string of the molecule is CCCCCCCCCCCCC(CCCCCCCCCCC)OC(=O)c1ccccc1C(=O)O. The third kappa shape index (κ3) is 16.0. The van der Waals surface area contributed by atoms with Crippen molar-refractivity contribution < 1.29 is 19.4 Å². The Morgan fingerprint density at radius 3 is 1.36 bits per heavy atom. The molecule has 1 unspecified atom stereocenters. The summed E-state index contributed by atoms with van der Waals surface area (Å²) < 4.78 is 5.88. The fourth-order valence-corrected chi connectivity index (χ4v) is 4.87. The molecule has 0 aromatic heterocycles. The molecule has 1 aromatic rings. The molecule has 1 atom stereocenters. The topological polar surface area (TPSA) is 63.6 Å². The molecule has 0 bridgehead atoms. The minimum absolute atomic E-state index is 0.0169. The maximum Gasteiger partial charge on any atom is 0.339 e. The molecule has 0 aliphatic heterocycles. The lowest BCUT2D eigenvalue weighted by Crippen LogP contribution is -2.20. The van der Waals surface area contributed by atoms with Crippen LogP contribution in [-0.2, 0) is 4.74 Å². The van der Waals surface area contributed by atoms with Crippen LogP contribution in [0.5, 0.6) is 0 Å².